The number of methoxy groups -OCH3 is 1. The molecule has 11 heteroatoms. The number of hydrogen-bond acceptors (Lipinski definition) is 8. The number of benzene rings is 2. The van der Waals surface area contributed by atoms with Gasteiger partial charge in [0, 0.05) is 50.4 Å². The summed E-state index contributed by atoms with van der Waals surface area (Å²) in [6, 6.07) is 14.5. The molecule has 0 radical (unpaired) electrons. The molecule has 0 bridgehead atoms. The van der Waals surface area contributed by atoms with Crippen LogP contribution in [0.15, 0.2) is 60.8 Å². The molecular formula is C30H31ClFN7O2. The topological polar surface area (TPSA) is 80.6 Å². The minimum absolute atomic E-state index is 0.198. The SMILES string of the molecule is COc1ccc(CNc2cc(Cl)nc(-n3ncc(/C=C/CN4CCN5c6cc(F)ccc6OCC5C4)c3C)n2)cc1. The number of anilines is 2. The van der Waals surface area contributed by atoms with E-state index in [1.54, 1.807) is 36.2 Å². The van der Waals surface area contributed by atoms with E-state index in [1.165, 1.54) is 6.07 Å². The molecule has 2 aliphatic heterocycles. The van der Waals surface area contributed by atoms with E-state index in [0.717, 1.165) is 60.2 Å². The fraction of sp³-hybridized carbons (Fsp3) is 0.300. The van der Waals surface area contributed by atoms with E-state index < -0.39 is 0 Å². The van der Waals surface area contributed by atoms with E-state index >= 15 is 0 Å². The van der Waals surface area contributed by atoms with Gasteiger partial charge < -0.3 is 19.7 Å². The van der Waals surface area contributed by atoms with Crippen molar-refractivity contribution in [3.63, 3.8) is 0 Å². The van der Waals surface area contributed by atoms with Crippen molar-refractivity contribution in [1.29, 1.82) is 0 Å². The molecule has 0 saturated carbocycles. The van der Waals surface area contributed by atoms with Crippen LogP contribution in [0.3, 0.4) is 0 Å². The summed E-state index contributed by atoms with van der Waals surface area (Å²) in [6.45, 7) is 6.51. The van der Waals surface area contributed by atoms with Gasteiger partial charge in [-0.25, -0.2) is 9.07 Å². The number of nitrogens with zero attached hydrogens (tertiary/aromatic N) is 6. The lowest BCUT2D eigenvalue weighted by Crippen LogP contribution is -2.57. The lowest BCUT2D eigenvalue weighted by atomic mass is 10.1. The second-order valence-electron chi connectivity index (χ2n) is 10.1. The minimum atomic E-state index is -0.237. The predicted octanol–water partition coefficient (Wildman–Crippen LogP) is 4.98. The van der Waals surface area contributed by atoms with Crippen molar-refractivity contribution in [3.8, 4) is 17.4 Å². The van der Waals surface area contributed by atoms with Gasteiger partial charge in [-0.2, -0.15) is 15.1 Å². The summed E-state index contributed by atoms with van der Waals surface area (Å²) in [7, 11) is 1.65. The number of fused-ring (bicyclic) bond motifs is 3. The molecule has 1 fully saturated rings. The van der Waals surface area contributed by atoms with Crippen molar-refractivity contribution in [3.05, 3.63) is 88.6 Å². The molecular weight excluding hydrogens is 545 g/mol. The average Bonchev–Trinajstić information content (AvgIpc) is 3.35. The Bertz CT molecular complexity index is 1560. The van der Waals surface area contributed by atoms with Gasteiger partial charge in [0.1, 0.15) is 34.9 Å². The highest BCUT2D eigenvalue weighted by Gasteiger charge is 2.32. The first-order chi connectivity index (χ1) is 20.0. The maximum atomic E-state index is 13.8. The van der Waals surface area contributed by atoms with Crippen LogP contribution >= 0.6 is 11.6 Å². The second-order valence-corrected chi connectivity index (χ2v) is 10.5. The zero-order chi connectivity index (χ0) is 28.3. The summed E-state index contributed by atoms with van der Waals surface area (Å²) >= 11 is 6.34. The molecule has 1 N–H and O–H groups in total. The highest BCUT2D eigenvalue weighted by atomic mass is 35.5. The first-order valence-electron chi connectivity index (χ1n) is 13.5. The van der Waals surface area contributed by atoms with Crippen LogP contribution in [0.1, 0.15) is 16.8 Å². The molecule has 212 valence electrons. The Hall–Kier alpha value is -4.15. The Balaban J connectivity index is 1.08. The number of nitrogens with one attached hydrogen (secondary N) is 1. The van der Waals surface area contributed by atoms with Crippen molar-refractivity contribution in [2.75, 3.05) is 50.1 Å². The fourth-order valence-electron chi connectivity index (χ4n) is 5.21. The molecule has 2 aliphatic rings. The van der Waals surface area contributed by atoms with Crippen molar-refractivity contribution in [2.24, 2.45) is 0 Å². The van der Waals surface area contributed by atoms with Gasteiger partial charge in [-0.15, -0.1) is 0 Å². The molecule has 1 atom stereocenters. The molecule has 2 aromatic heterocycles. The summed E-state index contributed by atoms with van der Waals surface area (Å²) in [4.78, 5) is 13.7. The van der Waals surface area contributed by atoms with Crippen LogP contribution in [-0.2, 0) is 6.54 Å². The minimum Gasteiger partial charge on any atom is -0.497 e. The van der Waals surface area contributed by atoms with E-state index in [-0.39, 0.29) is 11.9 Å². The number of rotatable bonds is 8. The number of ether oxygens (including phenoxy) is 2. The monoisotopic (exact) mass is 575 g/mol. The molecule has 4 aromatic rings. The fourth-order valence-corrected chi connectivity index (χ4v) is 5.39. The summed E-state index contributed by atoms with van der Waals surface area (Å²) < 4.78 is 26.6. The molecule has 2 aromatic carbocycles. The lowest BCUT2D eigenvalue weighted by Gasteiger charge is -2.45. The molecule has 9 nitrogen and oxygen atoms in total. The third-order valence-corrected chi connectivity index (χ3v) is 7.64. The summed E-state index contributed by atoms with van der Waals surface area (Å²) in [5.74, 6) is 2.34. The van der Waals surface area contributed by atoms with Gasteiger partial charge in [0.25, 0.3) is 5.95 Å². The van der Waals surface area contributed by atoms with Crippen LogP contribution in [0, 0.1) is 12.7 Å². The standard InChI is InChI=1S/C30H31ClFN7O2/c1-20-22(4-3-11-37-12-13-38-24(18-37)19-41-27-10-7-23(32)14-26(27)38)17-34-39(20)30-35-28(31)15-29(36-30)33-16-21-5-8-25(40-2)9-6-21/h3-10,14-15,17,24H,11-13,16,18-19H2,1-2H3,(H,33,35,36)/b4-3+. The molecule has 1 unspecified atom stereocenters. The van der Waals surface area contributed by atoms with Crippen LogP contribution in [0.25, 0.3) is 12.0 Å². The Morgan fingerprint density at radius 3 is 2.83 bits per heavy atom. The highest BCUT2D eigenvalue weighted by Crippen LogP contribution is 2.35. The number of hydrogen-bond donors (Lipinski definition) is 1. The number of piperazine rings is 1. The highest BCUT2D eigenvalue weighted by molar-refractivity contribution is 6.29. The van der Waals surface area contributed by atoms with Gasteiger partial charge in [-0.1, -0.05) is 35.9 Å². The van der Waals surface area contributed by atoms with Crippen LogP contribution in [0.2, 0.25) is 5.15 Å². The first-order valence-corrected chi connectivity index (χ1v) is 13.9. The van der Waals surface area contributed by atoms with E-state index in [0.29, 0.717) is 30.1 Å². The van der Waals surface area contributed by atoms with Gasteiger partial charge in [0.15, 0.2) is 0 Å². The second kappa shape index (κ2) is 11.8. The molecule has 6 rings (SSSR count). The van der Waals surface area contributed by atoms with E-state index in [4.69, 9.17) is 21.1 Å². The summed E-state index contributed by atoms with van der Waals surface area (Å²) in [5, 5.41) is 8.16. The molecule has 0 amide bonds. The first kappa shape index (κ1) is 27.0. The number of halogens is 2. The van der Waals surface area contributed by atoms with Gasteiger partial charge in [-0.3, -0.25) is 4.90 Å². The Kier molecular flexibility index (Phi) is 7.76. The molecule has 1 saturated heterocycles. The third kappa shape index (κ3) is 5.98. The maximum absolute atomic E-state index is 13.8. The molecule has 4 heterocycles. The van der Waals surface area contributed by atoms with Gasteiger partial charge >= 0.3 is 0 Å². The van der Waals surface area contributed by atoms with Crippen molar-refractivity contribution in [1.82, 2.24) is 24.6 Å². The van der Waals surface area contributed by atoms with Crippen molar-refractivity contribution < 1.29 is 13.9 Å². The van der Waals surface area contributed by atoms with Crippen LogP contribution in [-0.4, -0.2) is 70.6 Å². The summed E-state index contributed by atoms with van der Waals surface area (Å²) in [5.41, 5.74) is 3.82. The number of aromatic nitrogens is 4. The van der Waals surface area contributed by atoms with Crippen LogP contribution < -0.4 is 19.7 Å². The Labute approximate surface area is 243 Å². The smallest absolute Gasteiger partial charge is 0.254 e. The van der Waals surface area contributed by atoms with Crippen molar-refractivity contribution in [2.45, 2.75) is 19.5 Å². The van der Waals surface area contributed by atoms with Gasteiger partial charge in [0.2, 0.25) is 0 Å². The van der Waals surface area contributed by atoms with E-state index in [9.17, 15) is 4.39 Å². The summed E-state index contributed by atoms with van der Waals surface area (Å²) in [6.07, 6.45) is 6.02. The predicted molar refractivity (Wildman–Crippen MR) is 158 cm³/mol. The Morgan fingerprint density at radius 1 is 1.15 bits per heavy atom. The Morgan fingerprint density at radius 2 is 2.00 bits per heavy atom. The van der Waals surface area contributed by atoms with Gasteiger partial charge in [0.05, 0.1) is 30.7 Å². The van der Waals surface area contributed by atoms with Crippen molar-refractivity contribution >= 4 is 29.2 Å². The van der Waals surface area contributed by atoms with E-state index in [1.807, 2.05) is 31.2 Å². The molecule has 0 aliphatic carbocycles. The normalized spacial score (nSPS) is 16.8. The van der Waals surface area contributed by atoms with Crippen LogP contribution in [0.5, 0.6) is 11.5 Å². The molecule has 41 heavy (non-hydrogen) atoms. The van der Waals surface area contributed by atoms with Gasteiger partial charge in [-0.05, 0) is 36.8 Å². The third-order valence-electron chi connectivity index (χ3n) is 7.44. The largest absolute Gasteiger partial charge is 0.497 e. The quantitative estimate of drug-likeness (QED) is 0.295. The maximum Gasteiger partial charge on any atom is 0.254 e. The zero-order valence-corrected chi connectivity index (χ0v) is 23.7. The molecule has 0 spiro atoms. The zero-order valence-electron chi connectivity index (χ0n) is 22.9. The average molecular weight is 576 g/mol. The van der Waals surface area contributed by atoms with E-state index in [2.05, 4.69) is 42.3 Å². The van der Waals surface area contributed by atoms with Crippen LogP contribution in [0.4, 0.5) is 15.9 Å². The lowest BCUT2D eigenvalue weighted by molar-refractivity contribution is 0.177.